The monoisotopic (exact) mass is 481 g/mol. The first-order valence-electron chi connectivity index (χ1n) is 11.2. The molecule has 1 aliphatic heterocycles. The Morgan fingerprint density at radius 3 is 2.45 bits per heavy atom. The zero-order valence-electron chi connectivity index (χ0n) is 18.6. The van der Waals surface area contributed by atoms with Crippen molar-refractivity contribution in [2.24, 2.45) is 5.92 Å². The molecule has 0 atom stereocenters. The van der Waals surface area contributed by atoms with Gasteiger partial charge in [0, 0.05) is 24.5 Å². The number of piperidine rings is 1. The molecule has 172 valence electrons. The van der Waals surface area contributed by atoms with Crippen molar-refractivity contribution >= 4 is 32.4 Å². The molecule has 8 heteroatoms. The lowest BCUT2D eigenvalue weighted by atomic mass is 9.98. The second-order valence-electron chi connectivity index (χ2n) is 8.44. The van der Waals surface area contributed by atoms with Gasteiger partial charge in [-0.2, -0.15) is 4.31 Å². The number of sulfonamides is 1. The Morgan fingerprint density at radius 1 is 1.00 bits per heavy atom. The number of rotatable bonds is 7. The first-order valence-corrected chi connectivity index (χ1v) is 13.4. The Kier molecular flexibility index (Phi) is 6.23. The van der Waals surface area contributed by atoms with Crippen molar-refractivity contribution in [3.05, 3.63) is 77.4 Å². The molecule has 0 aliphatic carbocycles. The molecule has 0 amide bonds. The first-order chi connectivity index (χ1) is 16.0. The predicted octanol–water partition coefficient (Wildman–Crippen LogP) is 5.09. The molecule has 0 bridgehead atoms. The maximum absolute atomic E-state index is 13.0. The number of imidazole rings is 1. The molecule has 0 spiro atoms. The molecular formula is C25H27N3O3S2. The largest absolute Gasteiger partial charge is 0.486 e. The summed E-state index contributed by atoms with van der Waals surface area (Å²) >= 11 is 1.34. The van der Waals surface area contributed by atoms with E-state index in [1.54, 1.807) is 10.4 Å². The van der Waals surface area contributed by atoms with Crippen molar-refractivity contribution in [2.75, 3.05) is 13.1 Å². The molecular weight excluding hydrogens is 454 g/mol. The van der Waals surface area contributed by atoms with Crippen molar-refractivity contribution in [1.29, 1.82) is 0 Å². The third-order valence-corrected chi connectivity index (χ3v) is 9.54. The summed E-state index contributed by atoms with van der Waals surface area (Å²) in [5, 5.41) is 0. The molecule has 1 saturated heterocycles. The van der Waals surface area contributed by atoms with Crippen LogP contribution in [0.5, 0.6) is 5.75 Å². The molecule has 2 aromatic heterocycles. The third-order valence-electron chi connectivity index (χ3n) is 6.17. The maximum atomic E-state index is 13.0. The van der Waals surface area contributed by atoms with Gasteiger partial charge in [-0.05, 0) is 62.1 Å². The van der Waals surface area contributed by atoms with Gasteiger partial charge in [0.15, 0.2) is 0 Å². The van der Waals surface area contributed by atoms with Crippen LogP contribution in [0.4, 0.5) is 0 Å². The summed E-state index contributed by atoms with van der Waals surface area (Å²) in [5.74, 6) is 2.09. The van der Waals surface area contributed by atoms with E-state index in [1.807, 2.05) is 61.5 Å². The molecule has 0 unspecified atom stereocenters. The fourth-order valence-electron chi connectivity index (χ4n) is 4.37. The van der Waals surface area contributed by atoms with E-state index in [0.29, 0.717) is 29.8 Å². The third kappa shape index (κ3) is 4.69. The van der Waals surface area contributed by atoms with Crippen molar-refractivity contribution in [2.45, 2.75) is 37.1 Å². The van der Waals surface area contributed by atoms with Crippen LogP contribution in [0.2, 0.25) is 0 Å². The van der Waals surface area contributed by atoms with Crippen LogP contribution in [-0.4, -0.2) is 35.4 Å². The molecule has 6 nitrogen and oxygen atoms in total. The molecule has 1 fully saturated rings. The van der Waals surface area contributed by atoms with Gasteiger partial charge in [0.2, 0.25) is 0 Å². The van der Waals surface area contributed by atoms with Gasteiger partial charge in [-0.15, -0.1) is 11.3 Å². The average Bonchev–Trinajstić information content (AvgIpc) is 3.43. The molecule has 1 aliphatic rings. The van der Waals surface area contributed by atoms with Gasteiger partial charge in [0.05, 0.1) is 11.0 Å². The quantitative estimate of drug-likeness (QED) is 0.369. The number of hydrogen-bond acceptors (Lipinski definition) is 5. The van der Waals surface area contributed by atoms with Crippen LogP contribution in [-0.2, 0) is 23.2 Å². The Bertz CT molecular complexity index is 1340. The molecule has 3 heterocycles. The predicted molar refractivity (Wildman–Crippen MR) is 131 cm³/mol. The number of thiophene rings is 1. The van der Waals surface area contributed by atoms with Gasteiger partial charge in [-0.1, -0.05) is 30.3 Å². The minimum atomic E-state index is -3.40. The summed E-state index contributed by atoms with van der Waals surface area (Å²) in [4.78, 5) is 5.84. The first kappa shape index (κ1) is 22.1. The second kappa shape index (κ2) is 9.29. The van der Waals surface area contributed by atoms with Crippen LogP contribution >= 0.6 is 11.3 Å². The number of aromatic nitrogens is 2. The maximum Gasteiger partial charge on any atom is 0.252 e. The molecule has 2 aromatic carbocycles. The second-order valence-corrected chi connectivity index (χ2v) is 11.9. The summed E-state index contributed by atoms with van der Waals surface area (Å²) in [5.41, 5.74) is 2.05. The van der Waals surface area contributed by atoms with Crippen molar-refractivity contribution < 1.29 is 13.2 Å². The number of benzene rings is 2. The van der Waals surface area contributed by atoms with Crippen LogP contribution in [0.3, 0.4) is 0 Å². The lowest BCUT2D eigenvalue weighted by Gasteiger charge is -2.31. The number of aryl methyl sites for hydroxylation is 1. The van der Waals surface area contributed by atoms with Gasteiger partial charge >= 0.3 is 0 Å². The normalized spacial score (nSPS) is 15.8. The topological polar surface area (TPSA) is 64.4 Å². The van der Waals surface area contributed by atoms with E-state index in [1.165, 1.54) is 11.3 Å². The molecule has 5 rings (SSSR count). The minimum Gasteiger partial charge on any atom is -0.486 e. The van der Waals surface area contributed by atoms with Gasteiger partial charge < -0.3 is 9.30 Å². The summed E-state index contributed by atoms with van der Waals surface area (Å²) in [6, 6.07) is 21.5. The fourth-order valence-corrected chi connectivity index (χ4v) is 7.28. The number of fused-ring (bicyclic) bond motifs is 1. The van der Waals surface area contributed by atoms with Crippen molar-refractivity contribution in [3.63, 3.8) is 0 Å². The van der Waals surface area contributed by atoms with Gasteiger partial charge in [-0.3, -0.25) is 0 Å². The van der Waals surface area contributed by atoms with Crippen LogP contribution < -0.4 is 4.74 Å². The minimum absolute atomic E-state index is 0.384. The number of hydrogen-bond donors (Lipinski definition) is 0. The zero-order valence-corrected chi connectivity index (χ0v) is 20.2. The van der Waals surface area contributed by atoms with E-state index < -0.39 is 10.0 Å². The standard InChI is InChI=1S/C25H27N3O3S2/c1-19-11-12-25(32-19)33(29,30)27-15-13-20(14-16-27)17-28-23-10-6-5-9-22(23)26-24(28)18-31-21-7-3-2-4-8-21/h2-12,20H,13-18H2,1H3. The SMILES string of the molecule is Cc1ccc(S(=O)(=O)N2CCC(Cn3c(COc4ccccc4)nc4ccccc43)CC2)s1. The highest BCUT2D eigenvalue weighted by molar-refractivity contribution is 7.91. The molecule has 0 N–H and O–H groups in total. The van der Waals surface area contributed by atoms with Gasteiger partial charge in [0.25, 0.3) is 10.0 Å². The summed E-state index contributed by atoms with van der Waals surface area (Å²) in [7, 11) is -3.40. The molecule has 0 saturated carbocycles. The highest BCUT2D eigenvalue weighted by Crippen LogP contribution is 2.30. The summed E-state index contributed by atoms with van der Waals surface area (Å²) in [6.07, 6.45) is 1.66. The Hall–Kier alpha value is -2.68. The fraction of sp³-hybridized carbons (Fsp3) is 0.320. The van der Waals surface area contributed by atoms with Crippen molar-refractivity contribution in [3.8, 4) is 5.75 Å². The van der Waals surface area contributed by atoms with E-state index in [0.717, 1.165) is 46.9 Å². The van der Waals surface area contributed by atoms with Gasteiger partial charge in [-0.25, -0.2) is 13.4 Å². The highest BCUT2D eigenvalue weighted by Gasteiger charge is 2.31. The van der Waals surface area contributed by atoms with Crippen LogP contribution in [0, 0.1) is 12.8 Å². The Balaban J connectivity index is 1.30. The Labute approximate surface area is 198 Å². The number of nitrogens with zero attached hydrogens (tertiary/aromatic N) is 3. The molecule has 4 aromatic rings. The van der Waals surface area contributed by atoms with Crippen molar-refractivity contribution in [1.82, 2.24) is 13.9 Å². The smallest absolute Gasteiger partial charge is 0.252 e. The van der Waals surface area contributed by atoms with E-state index in [-0.39, 0.29) is 0 Å². The molecule has 33 heavy (non-hydrogen) atoms. The lowest BCUT2D eigenvalue weighted by molar-refractivity contribution is 0.244. The lowest BCUT2D eigenvalue weighted by Crippen LogP contribution is -2.39. The van der Waals surface area contributed by atoms with Crippen LogP contribution in [0.25, 0.3) is 11.0 Å². The van der Waals surface area contributed by atoms with Crippen LogP contribution in [0.1, 0.15) is 23.5 Å². The molecule has 0 radical (unpaired) electrons. The van der Waals surface area contributed by atoms with Gasteiger partial charge in [0.1, 0.15) is 22.4 Å². The Morgan fingerprint density at radius 2 is 1.73 bits per heavy atom. The summed E-state index contributed by atoms with van der Waals surface area (Å²) < 4.78 is 36.3. The van der Waals surface area contributed by atoms with Crippen LogP contribution in [0.15, 0.2) is 70.9 Å². The average molecular weight is 482 g/mol. The highest BCUT2D eigenvalue weighted by atomic mass is 32.2. The number of ether oxygens (including phenoxy) is 1. The summed E-state index contributed by atoms with van der Waals surface area (Å²) in [6.45, 7) is 4.23. The van der Waals surface area contributed by atoms with E-state index in [2.05, 4.69) is 10.6 Å². The van der Waals surface area contributed by atoms with E-state index in [4.69, 9.17) is 9.72 Å². The zero-order chi connectivity index (χ0) is 22.8. The number of para-hydroxylation sites is 3. The van der Waals surface area contributed by atoms with E-state index in [9.17, 15) is 8.42 Å². The van der Waals surface area contributed by atoms with E-state index >= 15 is 0 Å².